The van der Waals surface area contributed by atoms with Gasteiger partial charge in [-0.3, -0.25) is 25.2 Å². The van der Waals surface area contributed by atoms with Crippen molar-refractivity contribution < 1.29 is 22.8 Å². The summed E-state index contributed by atoms with van der Waals surface area (Å²) in [6.07, 6.45) is 1.85. The van der Waals surface area contributed by atoms with Gasteiger partial charge in [-0.1, -0.05) is 31.5 Å². The fourth-order valence-corrected chi connectivity index (χ4v) is 3.60. The van der Waals surface area contributed by atoms with E-state index in [2.05, 4.69) is 15.5 Å². The van der Waals surface area contributed by atoms with Crippen molar-refractivity contribution in [2.45, 2.75) is 57.0 Å². The van der Waals surface area contributed by atoms with Crippen LogP contribution in [0.1, 0.15) is 38.7 Å². The highest BCUT2D eigenvalue weighted by Crippen LogP contribution is 2.18. The molecular weight excluding hydrogens is 384 g/mol. The number of rotatable bonds is 7. The summed E-state index contributed by atoms with van der Waals surface area (Å²) in [7, 11) is -3.93. The third-order valence-electron chi connectivity index (χ3n) is 4.07. The van der Waals surface area contributed by atoms with Gasteiger partial charge in [0.1, 0.15) is 6.04 Å². The van der Waals surface area contributed by atoms with Crippen molar-refractivity contribution in [3.8, 4) is 0 Å². The van der Waals surface area contributed by atoms with Gasteiger partial charge in [-0.05, 0) is 44.2 Å². The van der Waals surface area contributed by atoms with Crippen molar-refractivity contribution in [3.05, 3.63) is 29.8 Å². The average molecular weight is 410 g/mol. The molecule has 0 aromatic heterocycles. The molecule has 0 heterocycles. The third kappa shape index (κ3) is 6.61. The highest BCUT2D eigenvalue weighted by atomic mass is 32.2. The first-order valence-corrected chi connectivity index (χ1v) is 10.6. The van der Waals surface area contributed by atoms with E-state index in [1.165, 1.54) is 12.1 Å². The van der Waals surface area contributed by atoms with Gasteiger partial charge in [0.15, 0.2) is 0 Å². The van der Waals surface area contributed by atoms with Crippen molar-refractivity contribution in [2.24, 2.45) is 5.92 Å². The van der Waals surface area contributed by atoms with Crippen molar-refractivity contribution in [2.75, 3.05) is 0 Å². The number of hydrogen-bond donors (Lipinski definition) is 4. The van der Waals surface area contributed by atoms with Crippen LogP contribution in [0.5, 0.6) is 0 Å². The zero-order valence-electron chi connectivity index (χ0n) is 16.1. The average Bonchev–Trinajstić information content (AvgIpc) is 3.42. The van der Waals surface area contributed by atoms with E-state index < -0.39 is 33.8 Å². The molecule has 10 heteroatoms. The third-order valence-corrected chi connectivity index (χ3v) is 5.56. The molecule has 1 aliphatic rings. The number of benzene rings is 1. The highest BCUT2D eigenvalue weighted by molar-refractivity contribution is 7.89. The molecule has 1 aromatic rings. The normalized spacial score (nSPS) is 15.0. The van der Waals surface area contributed by atoms with E-state index in [0.717, 1.165) is 18.4 Å². The number of nitrogens with one attached hydrogen (secondary N) is 4. The smallest absolute Gasteiger partial charge is 0.327 e. The number of sulfonamides is 1. The minimum atomic E-state index is -3.93. The van der Waals surface area contributed by atoms with Gasteiger partial charge >= 0.3 is 11.8 Å². The van der Waals surface area contributed by atoms with E-state index in [1.54, 1.807) is 12.1 Å². The molecule has 0 unspecified atom stereocenters. The largest absolute Gasteiger partial charge is 0.345 e. The van der Waals surface area contributed by atoms with Crippen LogP contribution in [0.2, 0.25) is 0 Å². The molecule has 0 radical (unpaired) electrons. The number of carbonyl (C=O) groups is 3. The van der Waals surface area contributed by atoms with Crippen molar-refractivity contribution >= 4 is 27.7 Å². The quantitative estimate of drug-likeness (QED) is 0.374. The molecule has 0 bridgehead atoms. The Morgan fingerprint density at radius 2 is 1.64 bits per heavy atom. The maximum absolute atomic E-state index is 12.6. The van der Waals surface area contributed by atoms with Crippen LogP contribution < -0.4 is 20.9 Å². The Labute approximate surface area is 164 Å². The summed E-state index contributed by atoms with van der Waals surface area (Å²) in [6, 6.07) is 5.11. The van der Waals surface area contributed by atoms with Gasteiger partial charge in [-0.25, -0.2) is 8.42 Å². The summed E-state index contributed by atoms with van der Waals surface area (Å²) in [6.45, 7) is 5.51. The van der Waals surface area contributed by atoms with Crippen LogP contribution in [-0.4, -0.2) is 38.2 Å². The monoisotopic (exact) mass is 410 g/mol. The lowest BCUT2D eigenvalue weighted by atomic mass is 10.0. The van der Waals surface area contributed by atoms with E-state index in [1.807, 2.05) is 26.2 Å². The first-order chi connectivity index (χ1) is 13.1. The van der Waals surface area contributed by atoms with E-state index in [0.29, 0.717) is 0 Å². The number of aryl methyl sites for hydroxylation is 1. The van der Waals surface area contributed by atoms with Crippen LogP contribution in [-0.2, 0) is 24.4 Å². The minimum Gasteiger partial charge on any atom is -0.345 e. The summed E-state index contributed by atoms with van der Waals surface area (Å²) in [5.41, 5.74) is 5.04. The molecule has 154 valence electrons. The Hall–Kier alpha value is -2.46. The molecule has 9 nitrogen and oxygen atoms in total. The van der Waals surface area contributed by atoms with Gasteiger partial charge in [0.25, 0.3) is 5.91 Å². The fourth-order valence-electron chi connectivity index (χ4n) is 2.39. The number of hydrazine groups is 1. The van der Waals surface area contributed by atoms with Gasteiger partial charge in [-0.15, -0.1) is 0 Å². The Balaban J connectivity index is 2.00. The molecule has 1 aliphatic carbocycles. The summed E-state index contributed by atoms with van der Waals surface area (Å²) >= 11 is 0. The summed E-state index contributed by atoms with van der Waals surface area (Å²) in [5.74, 6) is -2.60. The zero-order valence-corrected chi connectivity index (χ0v) is 16.9. The Bertz CT molecular complexity index is 832. The van der Waals surface area contributed by atoms with Crippen LogP contribution in [0.4, 0.5) is 0 Å². The SMILES string of the molecule is Cc1ccc(S(=O)(=O)N[C@H](CC(C)C)C(=O)NNC(=O)C(=O)NC2CC2)cc1. The number of hydrogen-bond acceptors (Lipinski definition) is 5. The second-order valence-corrected chi connectivity index (χ2v) is 9.02. The molecular formula is C18H26N4O5S. The van der Waals surface area contributed by atoms with Crippen LogP contribution >= 0.6 is 0 Å². The Kier molecular flexibility index (Phi) is 7.14. The maximum Gasteiger partial charge on any atom is 0.327 e. The molecule has 1 fully saturated rings. The van der Waals surface area contributed by atoms with Crippen molar-refractivity contribution in [1.82, 2.24) is 20.9 Å². The molecule has 28 heavy (non-hydrogen) atoms. The Morgan fingerprint density at radius 3 is 2.18 bits per heavy atom. The van der Waals surface area contributed by atoms with Gasteiger partial charge in [0.05, 0.1) is 4.90 Å². The molecule has 0 spiro atoms. The Morgan fingerprint density at radius 1 is 1.04 bits per heavy atom. The van der Waals surface area contributed by atoms with E-state index in [-0.39, 0.29) is 23.3 Å². The van der Waals surface area contributed by atoms with Gasteiger partial charge in [0.2, 0.25) is 10.0 Å². The highest BCUT2D eigenvalue weighted by Gasteiger charge is 2.29. The predicted octanol–water partition coefficient (Wildman–Crippen LogP) is 0.114. The summed E-state index contributed by atoms with van der Waals surface area (Å²) < 4.78 is 27.5. The number of amides is 3. The topological polar surface area (TPSA) is 133 Å². The molecule has 1 aromatic carbocycles. The predicted molar refractivity (Wildman–Crippen MR) is 102 cm³/mol. The van der Waals surface area contributed by atoms with Gasteiger partial charge in [0, 0.05) is 6.04 Å². The zero-order chi connectivity index (χ0) is 20.9. The van der Waals surface area contributed by atoms with Gasteiger partial charge < -0.3 is 5.32 Å². The minimum absolute atomic E-state index is 0.00367. The van der Waals surface area contributed by atoms with Crippen LogP contribution in [0.3, 0.4) is 0 Å². The first-order valence-electron chi connectivity index (χ1n) is 9.08. The molecule has 3 amide bonds. The van der Waals surface area contributed by atoms with Crippen molar-refractivity contribution in [3.63, 3.8) is 0 Å². The van der Waals surface area contributed by atoms with Crippen LogP contribution in [0.25, 0.3) is 0 Å². The first kappa shape index (κ1) is 21.8. The lowest BCUT2D eigenvalue weighted by Gasteiger charge is -2.20. The lowest BCUT2D eigenvalue weighted by Crippen LogP contribution is -2.55. The molecule has 4 N–H and O–H groups in total. The van der Waals surface area contributed by atoms with E-state index in [9.17, 15) is 22.8 Å². The van der Waals surface area contributed by atoms with Gasteiger partial charge in [-0.2, -0.15) is 4.72 Å². The standard InChI is InChI=1S/C18H26N4O5S/c1-11(2)10-15(22-28(26,27)14-8-4-12(3)5-9-14)16(23)20-21-18(25)17(24)19-13-6-7-13/h4-5,8-9,11,13,15,22H,6-7,10H2,1-3H3,(H,19,24)(H,20,23)(H,21,25)/t15-/m1/s1. The summed E-state index contributed by atoms with van der Waals surface area (Å²) in [4.78, 5) is 35.8. The number of carbonyl (C=O) groups excluding carboxylic acids is 3. The maximum atomic E-state index is 12.6. The van der Waals surface area contributed by atoms with E-state index >= 15 is 0 Å². The van der Waals surface area contributed by atoms with Crippen LogP contribution in [0, 0.1) is 12.8 Å². The second kappa shape index (κ2) is 9.16. The second-order valence-electron chi connectivity index (χ2n) is 7.31. The van der Waals surface area contributed by atoms with Crippen molar-refractivity contribution in [1.29, 1.82) is 0 Å². The molecule has 2 rings (SSSR count). The molecule has 0 saturated heterocycles. The molecule has 0 aliphatic heterocycles. The lowest BCUT2D eigenvalue weighted by molar-refractivity contribution is -0.141. The van der Waals surface area contributed by atoms with Crippen LogP contribution in [0.15, 0.2) is 29.2 Å². The molecule has 1 saturated carbocycles. The van der Waals surface area contributed by atoms with E-state index in [4.69, 9.17) is 0 Å². The molecule has 1 atom stereocenters. The summed E-state index contributed by atoms with van der Waals surface area (Å²) in [5, 5.41) is 2.49. The fraction of sp³-hybridized carbons (Fsp3) is 0.500.